The number of fused-ring (bicyclic) bond motifs is 1. The number of imidazole rings is 1. The van der Waals surface area contributed by atoms with Gasteiger partial charge in [0, 0.05) is 22.8 Å². The summed E-state index contributed by atoms with van der Waals surface area (Å²) in [5.74, 6) is 4.05. The fourth-order valence-corrected chi connectivity index (χ4v) is 6.71. The van der Waals surface area contributed by atoms with Crippen molar-refractivity contribution in [3.05, 3.63) is 35.6 Å². The molecule has 7 heteroatoms. The Bertz CT molecular complexity index is 1070. The van der Waals surface area contributed by atoms with E-state index in [1.54, 1.807) is 0 Å². The maximum absolute atomic E-state index is 6.19. The van der Waals surface area contributed by atoms with Crippen LogP contribution in [0.25, 0.3) is 11.2 Å². The summed E-state index contributed by atoms with van der Waals surface area (Å²) in [5, 5.41) is 7.94. The van der Waals surface area contributed by atoms with Gasteiger partial charge < -0.3 is 15.2 Å². The lowest BCUT2D eigenvalue weighted by Gasteiger charge is -2.56. The normalized spacial score (nSPS) is 29.5. The summed E-state index contributed by atoms with van der Waals surface area (Å²) in [5.41, 5.74) is 2.71. The first-order chi connectivity index (χ1) is 14.6. The number of nitrogens with one attached hydrogen (secondary N) is 2. The number of rotatable bonds is 5. The molecule has 2 heterocycles. The maximum Gasteiger partial charge on any atom is 0.227 e. The first-order valence-electron chi connectivity index (χ1n) is 11.1. The third-order valence-electron chi connectivity index (χ3n) is 7.31. The number of nitrogens with zero attached hydrogens (tertiary/aromatic N) is 4. The highest BCUT2D eigenvalue weighted by atomic mass is 35.5. The van der Waals surface area contributed by atoms with Crippen LogP contribution in [0.5, 0.6) is 0 Å². The number of aromatic nitrogens is 4. The predicted octanol–water partition coefficient (Wildman–Crippen LogP) is 5.62. The van der Waals surface area contributed by atoms with Crippen LogP contribution < -0.4 is 10.6 Å². The molecule has 6 nitrogen and oxygen atoms in total. The predicted molar refractivity (Wildman–Crippen MR) is 120 cm³/mol. The topological polar surface area (TPSA) is 67.7 Å². The Kier molecular flexibility index (Phi) is 4.20. The maximum atomic E-state index is 6.19. The minimum Gasteiger partial charge on any atom is -0.349 e. The zero-order valence-corrected chi connectivity index (χ0v) is 18.0. The van der Waals surface area contributed by atoms with Crippen LogP contribution in [0.2, 0.25) is 5.02 Å². The molecule has 0 radical (unpaired) electrons. The quantitative estimate of drug-likeness (QED) is 0.558. The van der Waals surface area contributed by atoms with Crippen molar-refractivity contribution >= 4 is 40.2 Å². The Morgan fingerprint density at radius 3 is 2.50 bits per heavy atom. The molecule has 0 aliphatic heterocycles. The molecule has 4 bridgehead atoms. The third-order valence-corrected chi connectivity index (χ3v) is 7.54. The lowest BCUT2D eigenvalue weighted by Crippen LogP contribution is -2.55. The van der Waals surface area contributed by atoms with Gasteiger partial charge in [0.2, 0.25) is 5.95 Å². The molecule has 0 atom stereocenters. The highest BCUT2D eigenvalue weighted by Gasteiger charge is 2.51. The summed E-state index contributed by atoms with van der Waals surface area (Å²) in [6.07, 6.45) is 9.87. The molecule has 0 saturated heterocycles. The van der Waals surface area contributed by atoms with Crippen molar-refractivity contribution < 1.29 is 0 Å². The molecule has 0 unspecified atom stereocenters. The third kappa shape index (κ3) is 3.13. The van der Waals surface area contributed by atoms with Crippen molar-refractivity contribution in [2.75, 3.05) is 10.6 Å². The number of hydrogen-bond donors (Lipinski definition) is 2. The molecule has 4 saturated carbocycles. The van der Waals surface area contributed by atoms with Gasteiger partial charge in [0.1, 0.15) is 0 Å². The van der Waals surface area contributed by atoms with Crippen molar-refractivity contribution in [3.8, 4) is 0 Å². The van der Waals surface area contributed by atoms with Gasteiger partial charge in [-0.1, -0.05) is 17.7 Å². The van der Waals surface area contributed by atoms with Crippen LogP contribution in [0.1, 0.15) is 45.4 Å². The highest BCUT2D eigenvalue weighted by molar-refractivity contribution is 6.30. The minimum atomic E-state index is 0.160. The van der Waals surface area contributed by atoms with E-state index in [9.17, 15) is 0 Å². The van der Waals surface area contributed by atoms with Gasteiger partial charge in [-0.15, -0.1) is 0 Å². The average molecular weight is 423 g/mol. The second kappa shape index (κ2) is 6.84. The highest BCUT2D eigenvalue weighted by Crippen LogP contribution is 2.56. The van der Waals surface area contributed by atoms with Gasteiger partial charge in [-0.2, -0.15) is 9.97 Å². The summed E-state index contributed by atoms with van der Waals surface area (Å²) in [6.45, 7) is 2.93. The summed E-state index contributed by atoms with van der Waals surface area (Å²) in [6, 6.07) is 7.69. The van der Waals surface area contributed by atoms with Crippen LogP contribution in [-0.4, -0.2) is 25.1 Å². The number of hydrogen-bond acceptors (Lipinski definition) is 5. The first kappa shape index (κ1) is 18.4. The molecule has 30 heavy (non-hydrogen) atoms. The molecule has 2 aromatic heterocycles. The molecule has 0 amide bonds. The molecular formula is C23H27ClN6. The Morgan fingerprint density at radius 1 is 1.10 bits per heavy atom. The van der Waals surface area contributed by atoms with E-state index in [0.29, 0.717) is 11.0 Å². The number of aryl methyl sites for hydroxylation is 1. The van der Waals surface area contributed by atoms with Crippen molar-refractivity contribution in [2.45, 2.75) is 57.5 Å². The standard InChI is InChI=1S/C23H27ClN6/c1-2-30-13-25-19-20(26-18-5-3-4-17(24)9-18)27-22(28-21(19)30)29-23-10-14-6-15(11-23)8-16(7-14)12-23/h3-5,9,13-16H,2,6-8,10-12H2,1H3,(H2,26,27,28,29). The Labute approximate surface area is 181 Å². The molecule has 156 valence electrons. The van der Waals surface area contributed by atoms with Crippen LogP contribution in [0.4, 0.5) is 17.5 Å². The van der Waals surface area contributed by atoms with Crippen LogP contribution >= 0.6 is 11.6 Å². The molecular weight excluding hydrogens is 396 g/mol. The number of anilines is 3. The summed E-state index contributed by atoms with van der Waals surface area (Å²) in [7, 11) is 0. The summed E-state index contributed by atoms with van der Waals surface area (Å²) in [4.78, 5) is 14.4. The molecule has 4 fully saturated rings. The molecule has 2 N–H and O–H groups in total. The van der Waals surface area contributed by atoms with Crippen LogP contribution in [0.3, 0.4) is 0 Å². The fourth-order valence-electron chi connectivity index (χ4n) is 6.52. The zero-order chi connectivity index (χ0) is 20.3. The lowest BCUT2D eigenvalue weighted by molar-refractivity contribution is 0.0104. The van der Waals surface area contributed by atoms with Gasteiger partial charge in [0.15, 0.2) is 17.0 Å². The van der Waals surface area contributed by atoms with E-state index in [4.69, 9.17) is 21.6 Å². The Balaban J connectivity index is 1.39. The van der Waals surface area contributed by atoms with E-state index >= 15 is 0 Å². The van der Waals surface area contributed by atoms with Crippen molar-refractivity contribution in [2.24, 2.45) is 17.8 Å². The van der Waals surface area contributed by atoms with Crippen molar-refractivity contribution in [1.82, 2.24) is 19.5 Å². The molecule has 0 spiro atoms. The molecule has 4 aliphatic rings. The zero-order valence-electron chi connectivity index (χ0n) is 17.2. The molecule has 7 rings (SSSR count). The minimum absolute atomic E-state index is 0.160. The van der Waals surface area contributed by atoms with Crippen LogP contribution in [0.15, 0.2) is 30.6 Å². The monoisotopic (exact) mass is 422 g/mol. The lowest BCUT2D eigenvalue weighted by atomic mass is 9.53. The van der Waals surface area contributed by atoms with Crippen LogP contribution in [-0.2, 0) is 6.54 Å². The Hall–Kier alpha value is -2.34. The van der Waals surface area contributed by atoms with Gasteiger partial charge in [-0.25, -0.2) is 4.98 Å². The molecule has 4 aliphatic carbocycles. The molecule has 3 aromatic rings. The van der Waals surface area contributed by atoms with Gasteiger partial charge in [0.25, 0.3) is 0 Å². The number of benzene rings is 1. The van der Waals surface area contributed by atoms with Gasteiger partial charge in [0.05, 0.1) is 6.33 Å². The summed E-state index contributed by atoms with van der Waals surface area (Å²) < 4.78 is 2.07. The van der Waals surface area contributed by atoms with Gasteiger partial charge >= 0.3 is 0 Å². The second-order valence-electron chi connectivity index (χ2n) is 9.56. The van der Waals surface area contributed by atoms with Crippen molar-refractivity contribution in [1.29, 1.82) is 0 Å². The average Bonchev–Trinajstić information content (AvgIpc) is 3.10. The van der Waals surface area contributed by atoms with E-state index in [1.807, 2.05) is 30.6 Å². The van der Waals surface area contributed by atoms with E-state index in [2.05, 4.69) is 27.1 Å². The first-order valence-corrected chi connectivity index (χ1v) is 11.5. The Morgan fingerprint density at radius 2 is 1.83 bits per heavy atom. The van der Waals surface area contributed by atoms with Gasteiger partial charge in [-0.3, -0.25) is 0 Å². The van der Waals surface area contributed by atoms with Crippen LogP contribution in [0, 0.1) is 17.8 Å². The second-order valence-corrected chi connectivity index (χ2v) is 9.99. The number of halogens is 1. The van der Waals surface area contributed by atoms with E-state index in [-0.39, 0.29) is 5.54 Å². The van der Waals surface area contributed by atoms with E-state index < -0.39 is 0 Å². The smallest absolute Gasteiger partial charge is 0.227 e. The van der Waals surface area contributed by atoms with Crippen molar-refractivity contribution in [3.63, 3.8) is 0 Å². The largest absolute Gasteiger partial charge is 0.349 e. The molecule has 1 aromatic carbocycles. The van der Waals surface area contributed by atoms with Gasteiger partial charge in [-0.05, 0) is 81.4 Å². The summed E-state index contributed by atoms with van der Waals surface area (Å²) >= 11 is 6.19. The van der Waals surface area contributed by atoms with E-state index in [0.717, 1.165) is 47.0 Å². The fraction of sp³-hybridized carbons (Fsp3) is 0.522. The van der Waals surface area contributed by atoms with E-state index in [1.165, 1.54) is 38.5 Å². The SMILES string of the molecule is CCn1cnc2c(Nc3cccc(Cl)c3)nc(NC34CC5CC(CC(C5)C3)C4)nc21.